The fourth-order valence-corrected chi connectivity index (χ4v) is 6.88. The lowest BCUT2D eigenvalue weighted by Crippen LogP contribution is -2.30. The van der Waals surface area contributed by atoms with Crippen LogP contribution in [0.3, 0.4) is 0 Å². The maximum absolute atomic E-state index is 13.6. The van der Waals surface area contributed by atoms with Gasteiger partial charge in [0.15, 0.2) is 0 Å². The molecule has 0 atom stereocenters. The molecule has 0 aliphatic heterocycles. The molecular formula is C42H32N4O3S2. The van der Waals surface area contributed by atoms with Crippen LogP contribution in [-0.4, -0.2) is 23.5 Å². The summed E-state index contributed by atoms with van der Waals surface area (Å²) in [6.07, 6.45) is 1.64. The zero-order chi connectivity index (χ0) is 35.6. The molecule has 0 aliphatic carbocycles. The minimum Gasteiger partial charge on any atom is -0.321 e. The maximum atomic E-state index is 13.6. The topological polar surface area (TPSA) is 111 Å². The Morgan fingerprint density at radius 3 is 2.14 bits per heavy atom. The van der Waals surface area contributed by atoms with Crippen LogP contribution in [0.15, 0.2) is 149 Å². The third-order valence-electron chi connectivity index (χ3n) is 7.84. The summed E-state index contributed by atoms with van der Waals surface area (Å²) >= 11 is 2.62. The molecule has 0 fully saturated rings. The zero-order valence-electron chi connectivity index (χ0n) is 27.6. The number of hydrogen-bond donors (Lipinski definition) is 3. The van der Waals surface area contributed by atoms with Gasteiger partial charge in [-0.3, -0.25) is 14.4 Å². The van der Waals surface area contributed by atoms with Crippen LogP contribution in [0.2, 0.25) is 0 Å². The Kier molecular flexibility index (Phi) is 11.2. The predicted molar refractivity (Wildman–Crippen MR) is 207 cm³/mol. The number of thioether (sulfide) groups is 1. The quantitative estimate of drug-likeness (QED) is 0.0920. The van der Waals surface area contributed by atoms with Crippen LogP contribution in [0.4, 0.5) is 10.7 Å². The second-order valence-electron chi connectivity index (χ2n) is 11.5. The van der Waals surface area contributed by atoms with Crippen molar-refractivity contribution in [2.75, 3.05) is 16.4 Å². The smallest absolute Gasteiger partial charge is 0.272 e. The standard InChI is InChI=1S/C42H32N4O3S2/c1-28-15-19-32(20-16-28)37-26-51-42(36(37)25-43)46-39(47)27-50-35-14-8-13-34(24-35)44-41(49)38(45-40(48)33-11-6-3-7-12-33)23-29-17-21-31(22-18-29)30-9-4-2-5-10-30/h2-24,26H,27H2,1H3,(H,44,49)(H,45,48)(H,46,47)/b38-23+. The summed E-state index contributed by atoms with van der Waals surface area (Å²) in [6.45, 7) is 2.00. The Morgan fingerprint density at radius 1 is 0.765 bits per heavy atom. The first-order valence-corrected chi connectivity index (χ1v) is 17.9. The molecule has 0 saturated carbocycles. The lowest BCUT2D eigenvalue weighted by Gasteiger charge is -2.12. The van der Waals surface area contributed by atoms with E-state index in [2.05, 4.69) is 22.0 Å². The highest BCUT2D eigenvalue weighted by molar-refractivity contribution is 8.00. The SMILES string of the molecule is Cc1ccc(-c2csc(NC(=O)CSc3cccc(NC(=O)/C(=C\c4ccc(-c5ccccc5)cc4)NC(=O)c4ccccc4)c3)c2C#N)cc1. The lowest BCUT2D eigenvalue weighted by atomic mass is 10.0. The van der Waals surface area contributed by atoms with Gasteiger partial charge in [-0.05, 0) is 65.6 Å². The number of carbonyl (C=O) groups is 3. The van der Waals surface area contributed by atoms with E-state index in [1.807, 2.05) is 103 Å². The summed E-state index contributed by atoms with van der Waals surface area (Å²) in [6, 6.07) is 43.7. The summed E-state index contributed by atoms with van der Waals surface area (Å²) in [5.74, 6) is -1.07. The molecule has 7 nitrogen and oxygen atoms in total. The molecule has 6 aromatic rings. The van der Waals surface area contributed by atoms with E-state index >= 15 is 0 Å². The molecule has 1 aromatic heterocycles. The van der Waals surface area contributed by atoms with Gasteiger partial charge in [0.1, 0.15) is 16.8 Å². The number of nitriles is 1. The Morgan fingerprint density at radius 2 is 1.43 bits per heavy atom. The van der Waals surface area contributed by atoms with Gasteiger partial charge >= 0.3 is 0 Å². The third kappa shape index (κ3) is 9.08. The fraction of sp³-hybridized carbons (Fsp3) is 0.0476. The second kappa shape index (κ2) is 16.5. The first-order valence-electron chi connectivity index (χ1n) is 16.0. The first-order chi connectivity index (χ1) is 24.9. The van der Waals surface area contributed by atoms with E-state index in [9.17, 15) is 19.6 Å². The number of amides is 3. The molecule has 5 aromatic carbocycles. The molecule has 0 spiro atoms. The van der Waals surface area contributed by atoms with Crippen LogP contribution in [0.1, 0.15) is 27.0 Å². The number of hydrogen-bond acceptors (Lipinski definition) is 6. The van der Waals surface area contributed by atoms with Gasteiger partial charge in [0.05, 0.1) is 11.3 Å². The first kappa shape index (κ1) is 34.6. The number of thiophene rings is 1. The van der Waals surface area contributed by atoms with Crippen molar-refractivity contribution < 1.29 is 14.4 Å². The minimum absolute atomic E-state index is 0.0722. The van der Waals surface area contributed by atoms with Gasteiger partial charge in [-0.25, -0.2) is 0 Å². The van der Waals surface area contributed by atoms with E-state index in [4.69, 9.17) is 0 Å². The maximum Gasteiger partial charge on any atom is 0.272 e. The van der Waals surface area contributed by atoms with E-state index in [0.717, 1.165) is 38.3 Å². The highest BCUT2D eigenvalue weighted by Crippen LogP contribution is 2.35. The van der Waals surface area contributed by atoms with Gasteiger partial charge in [-0.1, -0.05) is 109 Å². The van der Waals surface area contributed by atoms with Crippen molar-refractivity contribution in [2.45, 2.75) is 11.8 Å². The molecule has 1 heterocycles. The number of carbonyl (C=O) groups excluding carboxylic acids is 3. The summed E-state index contributed by atoms with van der Waals surface area (Å²) in [4.78, 5) is 40.4. The van der Waals surface area contributed by atoms with E-state index in [0.29, 0.717) is 21.8 Å². The van der Waals surface area contributed by atoms with Crippen LogP contribution in [-0.2, 0) is 9.59 Å². The molecule has 3 amide bonds. The number of anilines is 2. The summed E-state index contributed by atoms with van der Waals surface area (Å²) < 4.78 is 0. The number of benzene rings is 5. The van der Waals surface area contributed by atoms with Crippen LogP contribution in [0, 0.1) is 18.3 Å². The normalized spacial score (nSPS) is 10.9. The molecule has 3 N–H and O–H groups in total. The summed E-state index contributed by atoms with van der Waals surface area (Å²) in [5.41, 5.74) is 7.09. The average molecular weight is 705 g/mol. The Hall–Kier alpha value is -6.21. The van der Waals surface area contributed by atoms with Crippen LogP contribution in [0.25, 0.3) is 28.3 Å². The second-order valence-corrected chi connectivity index (χ2v) is 13.4. The molecule has 0 bridgehead atoms. The van der Waals surface area contributed by atoms with E-state index in [-0.39, 0.29) is 17.4 Å². The van der Waals surface area contributed by atoms with Gasteiger partial charge in [-0.2, -0.15) is 5.26 Å². The predicted octanol–water partition coefficient (Wildman–Crippen LogP) is 9.40. The van der Waals surface area contributed by atoms with E-state index in [1.54, 1.807) is 48.5 Å². The van der Waals surface area contributed by atoms with Gasteiger partial charge in [-0.15, -0.1) is 23.1 Å². The van der Waals surface area contributed by atoms with Crippen molar-refractivity contribution in [3.05, 3.63) is 167 Å². The molecule has 51 heavy (non-hydrogen) atoms. The Bertz CT molecular complexity index is 2240. The number of nitrogens with one attached hydrogen (secondary N) is 3. The highest BCUT2D eigenvalue weighted by Gasteiger charge is 2.17. The number of aryl methyl sites for hydroxylation is 1. The van der Waals surface area contributed by atoms with Crippen molar-refractivity contribution in [1.82, 2.24) is 5.32 Å². The molecule has 0 radical (unpaired) electrons. The van der Waals surface area contributed by atoms with Crippen molar-refractivity contribution in [3.8, 4) is 28.3 Å². The van der Waals surface area contributed by atoms with Crippen LogP contribution < -0.4 is 16.0 Å². The van der Waals surface area contributed by atoms with Gasteiger partial charge in [0.2, 0.25) is 5.91 Å². The largest absolute Gasteiger partial charge is 0.321 e. The molecule has 0 aliphatic rings. The van der Waals surface area contributed by atoms with E-state index in [1.165, 1.54) is 23.1 Å². The number of rotatable bonds is 11. The average Bonchev–Trinajstić information content (AvgIpc) is 3.57. The lowest BCUT2D eigenvalue weighted by molar-refractivity contribution is -0.114. The van der Waals surface area contributed by atoms with Gasteiger partial charge < -0.3 is 16.0 Å². The van der Waals surface area contributed by atoms with Gasteiger partial charge in [0, 0.05) is 27.1 Å². The van der Waals surface area contributed by atoms with Crippen molar-refractivity contribution in [2.24, 2.45) is 0 Å². The molecule has 9 heteroatoms. The molecule has 0 saturated heterocycles. The van der Waals surface area contributed by atoms with Crippen LogP contribution >= 0.6 is 23.1 Å². The summed E-state index contributed by atoms with van der Waals surface area (Å²) in [5, 5.41) is 20.8. The third-order valence-corrected chi connectivity index (χ3v) is 9.73. The highest BCUT2D eigenvalue weighted by atomic mass is 32.2. The Balaban J connectivity index is 1.13. The molecule has 6 rings (SSSR count). The minimum atomic E-state index is -0.502. The van der Waals surface area contributed by atoms with Crippen molar-refractivity contribution in [3.63, 3.8) is 0 Å². The summed E-state index contributed by atoms with van der Waals surface area (Å²) in [7, 11) is 0. The van der Waals surface area contributed by atoms with Gasteiger partial charge in [0.25, 0.3) is 11.8 Å². The Labute approximate surface area is 304 Å². The van der Waals surface area contributed by atoms with E-state index < -0.39 is 11.8 Å². The zero-order valence-corrected chi connectivity index (χ0v) is 29.2. The monoisotopic (exact) mass is 704 g/mol. The van der Waals surface area contributed by atoms with Crippen molar-refractivity contribution >= 4 is 57.6 Å². The molecular weight excluding hydrogens is 673 g/mol. The molecule has 0 unspecified atom stereocenters. The van der Waals surface area contributed by atoms with Crippen molar-refractivity contribution in [1.29, 1.82) is 5.26 Å². The fourth-order valence-electron chi connectivity index (χ4n) is 5.19. The molecule has 250 valence electrons. The number of nitrogens with zero attached hydrogens (tertiary/aromatic N) is 1. The van der Waals surface area contributed by atoms with Crippen LogP contribution in [0.5, 0.6) is 0 Å².